The molecule has 10 heteroatoms. The smallest absolute Gasteiger partial charge is 0.325 e. The van der Waals surface area contributed by atoms with Gasteiger partial charge in [0, 0.05) is 25.6 Å². The van der Waals surface area contributed by atoms with Gasteiger partial charge in [0.25, 0.3) is 5.91 Å². The van der Waals surface area contributed by atoms with Gasteiger partial charge in [-0.1, -0.05) is 18.2 Å². The van der Waals surface area contributed by atoms with E-state index in [-0.39, 0.29) is 25.3 Å². The number of aromatic nitrogens is 3. The van der Waals surface area contributed by atoms with Crippen LogP contribution < -0.4 is 10.6 Å². The van der Waals surface area contributed by atoms with Gasteiger partial charge in [0.05, 0.1) is 6.54 Å². The first-order valence-corrected chi connectivity index (χ1v) is 10.4. The standard InChI is InChI=1S/C22H23FN6O3/c23-16-6-3-5-15(13-16)14-29-21(31)17(25-22(29)32)9-10-20(30)24-11-4-8-19-27-26-18-7-1-2-12-28(18)19/h1-3,5-7,12-13,17H,4,8-11,14H2,(H,24,30)(H,25,32)/t17-/m1/s1. The molecular weight excluding hydrogens is 415 g/mol. The average Bonchev–Trinajstić information content (AvgIpc) is 3.31. The van der Waals surface area contributed by atoms with Crippen molar-refractivity contribution in [1.82, 2.24) is 30.1 Å². The van der Waals surface area contributed by atoms with Crippen molar-refractivity contribution in [3.8, 4) is 0 Å². The van der Waals surface area contributed by atoms with Crippen LogP contribution >= 0.6 is 0 Å². The zero-order valence-electron chi connectivity index (χ0n) is 17.3. The van der Waals surface area contributed by atoms with Crippen LogP contribution in [0.25, 0.3) is 5.65 Å². The zero-order chi connectivity index (χ0) is 22.5. The van der Waals surface area contributed by atoms with Gasteiger partial charge in [-0.2, -0.15) is 0 Å². The molecule has 1 aliphatic rings. The number of benzene rings is 1. The Kier molecular flexibility index (Phi) is 6.39. The predicted molar refractivity (Wildman–Crippen MR) is 113 cm³/mol. The van der Waals surface area contributed by atoms with Crippen molar-refractivity contribution in [3.05, 3.63) is 65.9 Å². The second-order valence-electron chi connectivity index (χ2n) is 7.59. The summed E-state index contributed by atoms with van der Waals surface area (Å²) in [5.74, 6) is -0.208. The molecule has 0 unspecified atom stereocenters. The van der Waals surface area contributed by atoms with Crippen LogP contribution in [0, 0.1) is 5.82 Å². The molecule has 1 saturated heterocycles. The van der Waals surface area contributed by atoms with Gasteiger partial charge in [0.2, 0.25) is 5.91 Å². The summed E-state index contributed by atoms with van der Waals surface area (Å²) in [5, 5.41) is 13.7. The number of carbonyl (C=O) groups is 3. The molecule has 4 rings (SSSR count). The number of hydrogen-bond acceptors (Lipinski definition) is 5. The lowest BCUT2D eigenvalue weighted by Crippen LogP contribution is -2.32. The summed E-state index contributed by atoms with van der Waals surface area (Å²) in [6.07, 6.45) is 3.57. The highest BCUT2D eigenvalue weighted by Gasteiger charge is 2.37. The van der Waals surface area contributed by atoms with Gasteiger partial charge < -0.3 is 10.6 Å². The summed E-state index contributed by atoms with van der Waals surface area (Å²) in [5.41, 5.74) is 1.30. The van der Waals surface area contributed by atoms with E-state index in [4.69, 9.17) is 0 Å². The van der Waals surface area contributed by atoms with E-state index in [1.54, 1.807) is 6.07 Å². The van der Waals surface area contributed by atoms with Crippen molar-refractivity contribution in [2.45, 2.75) is 38.3 Å². The number of hydrogen-bond donors (Lipinski definition) is 2. The Morgan fingerprint density at radius 3 is 2.88 bits per heavy atom. The van der Waals surface area contributed by atoms with E-state index in [0.717, 1.165) is 16.4 Å². The normalized spacial score (nSPS) is 15.9. The molecule has 1 aromatic carbocycles. The van der Waals surface area contributed by atoms with Crippen molar-refractivity contribution < 1.29 is 18.8 Å². The molecule has 3 heterocycles. The third-order valence-corrected chi connectivity index (χ3v) is 5.28. The lowest BCUT2D eigenvalue weighted by Gasteiger charge is -2.13. The summed E-state index contributed by atoms with van der Waals surface area (Å²) < 4.78 is 15.3. The second-order valence-corrected chi connectivity index (χ2v) is 7.59. The largest absolute Gasteiger partial charge is 0.356 e. The molecule has 2 N–H and O–H groups in total. The number of pyridine rings is 1. The molecule has 0 saturated carbocycles. The predicted octanol–water partition coefficient (Wildman–Crippen LogP) is 1.82. The summed E-state index contributed by atoms with van der Waals surface area (Å²) in [7, 11) is 0. The summed E-state index contributed by atoms with van der Waals surface area (Å²) in [4.78, 5) is 37.8. The Bertz CT molecular complexity index is 1150. The van der Waals surface area contributed by atoms with Gasteiger partial charge >= 0.3 is 6.03 Å². The lowest BCUT2D eigenvalue weighted by atomic mass is 10.1. The average molecular weight is 438 g/mol. The van der Waals surface area contributed by atoms with E-state index < -0.39 is 23.8 Å². The molecule has 0 spiro atoms. The minimum Gasteiger partial charge on any atom is -0.356 e. The highest BCUT2D eigenvalue weighted by atomic mass is 19.1. The SMILES string of the molecule is O=C(CC[C@H]1NC(=O)N(Cc2cccc(F)c2)C1=O)NCCCc1nnc2ccccn12. The minimum absolute atomic E-state index is 0.0115. The van der Waals surface area contributed by atoms with Gasteiger partial charge in [-0.05, 0) is 42.7 Å². The van der Waals surface area contributed by atoms with Gasteiger partial charge in [0.1, 0.15) is 17.7 Å². The Balaban J connectivity index is 1.19. The maximum Gasteiger partial charge on any atom is 0.325 e. The van der Waals surface area contributed by atoms with Crippen molar-refractivity contribution in [3.63, 3.8) is 0 Å². The highest BCUT2D eigenvalue weighted by molar-refractivity contribution is 6.04. The molecule has 4 amide bonds. The molecule has 0 bridgehead atoms. The lowest BCUT2D eigenvalue weighted by molar-refractivity contribution is -0.128. The Morgan fingerprint density at radius 1 is 1.16 bits per heavy atom. The van der Waals surface area contributed by atoms with Crippen LogP contribution in [0.5, 0.6) is 0 Å². The number of nitrogens with zero attached hydrogens (tertiary/aromatic N) is 4. The van der Waals surface area contributed by atoms with E-state index in [1.165, 1.54) is 18.2 Å². The molecule has 1 aliphatic heterocycles. The second kappa shape index (κ2) is 9.54. The van der Waals surface area contributed by atoms with Crippen molar-refractivity contribution in [2.24, 2.45) is 0 Å². The maximum atomic E-state index is 13.3. The third kappa shape index (κ3) is 4.90. The zero-order valence-corrected chi connectivity index (χ0v) is 17.3. The van der Waals surface area contributed by atoms with Crippen molar-refractivity contribution in [2.75, 3.05) is 6.54 Å². The molecule has 32 heavy (non-hydrogen) atoms. The van der Waals surface area contributed by atoms with Crippen molar-refractivity contribution in [1.29, 1.82) is 0 Å². The van der Waals surface area contributed by atoms with Gasteiger partial charge in [-0.3, -0.25) is 18.9 Å². The maximum absolute atomic E-state index is 13.3. The van der Waals surface area contributed by atoms with E-state index in [2.05, 4.69) is 20.8 Å². The number of fused-ring (bicyclic) bond motifs is 1. The summed E-state index contributed by atoms with van der Waals surface area (Å²) >= 11 is 0. The molecule has 0 radical (unpaired) electrons. The molecule has 0 aliphatic carbocycles. The number of halogens is 1. The van der Waals surface area contributed by atoms with Gasteiger partial charge in [-0.15, -0.1) is 10.2 Å². The number of imide groups is 1. The number of aryl methyl sites for hydroxylation is 1. The summed E-state index contributed by atoms with van der Waals surface area (Å²) in [6, 6.07) is 10.1. The topological polar surface area (TPSA) is 109 Å². The van der Waals surface area contributed by atoms with Crippen LogP contribution in [0.15, 0.2) is 48.7 Å². The fourth-order valence-corrected chi connectivity index (χ4v) is 3.64. The first-order chi connectivity index (χ1) is 15.5. The molecule has 2 aromatic heterocycles. The fourth-order valence-electron chi connectivity index (χ4n) is 3.64. The molecule has 1 fully saturated rings. The van der Waals surface area contributed by atoms with Crippen LogP contribution in [0.1, 0.15) is 30.7 Å². The van der Waals surface area contributed by atoms with Crippen LogP contribution in [0.3, 0.4) is 0 Å². The van der Waals surface area contributed by atoms with Crippen LogP contribution in [-0.2, 0) is 22.6 Å². The quantitative estimate of drug-likeness (QED) is 0.391. The first kappa shape index (κ1) is 21.4. The Morgan fingerprint density at radius 2 is 2.03 bits per heavy atom. The third-order valence-electron chi connectivity index (χ3n) is 5.28. The number of rotatable bonds is 9. The van der Waals surface area contributed by atoms with Crippen LogP contribution in [0.4, 0.5) is 9.18 Å². The van der Waals surface area contributed by atoms with Crippen LogP contribution in [0.2, 0.25) is 0 Å². The van der Waals surface area contributed by atoms with E-state index in [0.29, 0.717) is 24.9 Å². The van der Waals surface area contributed by atoms with E-state index >= 15 is 0 Å². The van der Waals surface area contributed by atoms with Crippen molar-refractivity contribution >= 4 is 23.5 Å². The van der Waals surface area contributed by atoms with E-state index in [1.807, 2.05) is 28.8 Å². The summed E-state index contributed by atoms with van der Waals surface area (Å²) in [6.45, 7) is 0.458. The molecule has 1 atom stereocenters. The first-order valence-electron chi connectivity index (χ1n) is 10.4. The molecular formula is C22H23FN6O3. The number of urea groups is 1. The van der Waals surface area contributed by atoms with Gasteiger partial charge in [-0.25, -0.2) is 9.18 Å². The van der Waals surface area contributed by atoms with E-state index in [9.17, 15) is 18.8 Å². The Labute approximate surface area is 183 Å². The number of nitrogens with one attached hydrogen (secondary N) is 2. The Hall–Kier alpha value is -3.82. The highest BCUT2D eigenvalue weighted by Crippen LogP contribution is 2.16. The van der Waals surface area contributed by atoms with Crippen LogP contribution in [-0.4, -0.2) is 49.9 Å². The number of carbonyl (C=O) groups excluding carboxylic acids is 3. The monoisotopic (exact) mass is 438 g/mol. The minimum atomic E-state index is -0.760. The molecule has 3 aromatic rings. The molecule has 9 nitrogen and oxygen atoms in total. The number of amides is 4. The fraction of sp³-hybridized carbons (Fsp3) is 0.318. The molecule has 166 valence electrons. The van der Waals surface area contributed by atoms with Gasteiger partial charge in [0.15, 0.2) is 5.65 Å².